The standard InChI is InChI=1S/C17H20N4O3S.ClH/c18-9-15-20-14(11-25-15)17(23)19-12-4-3-5-13(8-12)24-10-16(22)21-6-1-2-7-21;/h3-5,8,11H,1-2,6-7,9-10,18H2,(H,19,23);1H. The predicted molar refractivity (Wildman–Crippen MR) is 103 cm³/mol. The van der Waals surface area contributed by atoms with E-state index in [4.69, 9.17) is 10.5 Å². The van der Waals surface area contributed by atoms with E-state index in [0.29, 0.717) is 28.7 Å². The lowest BCUT2D eigenvalue weighted by Gasteiger charge is -2.15. The Labute approximate surface area is 162 Å². The van der Waals surface area contributed by atoms with E-state index in [1.807, 2.05) is 4.90 Å². The summed E-state index contributed by atoms with van der Waals surface area (Å²) in [6, 6.07) is 6.95. The number of rotatable bonds is 6. The Morgan fingerprint density at radius 3 is 2.77 bits per heavy atom. The van der Waals surface area contributed by atoms with Gasteiger partial charge in [0.25, 0.3) is 11.8 Å². The first-order valence-electron chi connectivity index (χ1n) is 8.12. The molecule has 0 aliphatic carbocycles. The van der Waals surface area contributed by atoms with Crippen LogP contribution in [0.1, 0.15) is 28.3 Å². The number of likely N-dealkylation sites (tertiary alicyclic amines) is 1. The number of nitrogens with one attached hydrogen (secondary N) is 1. The molecule has 2 amide bonds. The summed E-state index contributed by atoms with van der Waals surface area (Å²) in [6.45, 7) is 1.92. The second kappa shape index (κ2) is 9.51. The molecule has 0 atom stereocenters. The van der Waals surface area contributed by atoms with Gasteiger partial charge in [-0.1, -0.05) is 6.07 Å². The molecule has 0 spiro atoms. The number of ether oxygens (including phenoxy) is 1. The number of amides is 2. The number of carbonyl (C=O) groups excluding carboxylic acids is 2. The average Bonchev–Trinajstić information content (AvgIpc) is 3.31. The Kier molecular flexibility index (Phi) is 7.38. The molecule has 26 heavy (non-hydrogen) atoms. The second-order valence-electron chi connectivity index (χ2n) is 5.69. The normalized spacial score (nSPS) is 13.2. The number of hydrogen-bond acceptors (Lipinski definition) is 6. The summed E-state index contributed by atoms with van der Waals surface area (Å²) in [5.74, 6) is 0.219. The fourth-order valence-corrected chi connectivity index (χ4v) is 3.23. The maximum Gasteiger partial charge on any atom is 0.275 e. The van der Waals surface area contributed by atoms with Gasteiger partial charge in [-0.3, -0.25) is 9.59 Å². The summed E-state index contributed by atoms with van der Waals surface area (Å²) < 4.78 is 5.56. The molecular formula is C17H21ClN4O3S. The Hall–Kier alpha value is -2.16. The largest absolute Gasteiger partial charge is 0.484 e. The zero-order valence-electron chi connectivity index (χ0n) is 14.1. The number of nitrogens with zero attached hydrogens (tertiary/aromatic N) is 2. The topological polar surface area (TPSA) is 97.5 Å². The van der Waals surface area contributed by atoms with Crippen LogP contribution in [0.5, 0.6) is 5.75 Å². The molecule has 3 rings (SSSR count). The molecule has 0 saturated carbocycles. The van der Waals surface area contributed by atoms with Crippen molar-refractivity contribution in [3.05, 3.63) is 40.3 Å². The number of nitrogens with two attached hydrogens (primary N) is 1. The van der Waals surface area contributed by atoms with Crippen LogP contribution in [0.4, 0.5) is 5.69 Å². The van der Waals surface area contributed by atoms with Crippen LogP contribution in [-0.2, 0) is 11.3 Å². The molecule has 0 radical (unpaired) electrons. The van der Waals surface area contributed by atoms with Crippen molar-refractivity contribution in [3.8, 4) is 5.75 Å². The van der Waals surface area contributed by atoms with Crippen molar-refractivity contribution in [2.24, 2.45) is 5.73 Å². The average molecular weight is 397 g/mol. The lowest BCUT2D eigenvalue weighted by molar-refractivity contribution is -0.132. The van der Waals surface area contributed by atoms with Crippen LogP contribution >= 0.6 is 23.7 Å². The van der Waals surface area contributed by atoms with Gasteiger partial charge < -0.3 is 20.7 Å². The molecule has 7 nitrogen and oxygen atoms in total. The van der Waals surface area contributed by atoms with Crippen molar-refractivity contribution in [1.29, 1.82) is 0 Å². The lowest BCUT2D eigenvalue weighted by Crippen LogP contribution is -2.32. The van der Waals surface area contributed by atoms with E-state index in [1.54, 1.807) is 29.6 Å². The Balaban J connectivity index is 0.00000243. The molecular weight excluding hydrogens is 376 g/mol. The Bertz CT molecular complexity index is 762. The number of hydrogen-bond donors (Lipinski definition) is 2. The zero-order valence-corrected chi connectivity index (χ0v) is 15.8. The summed E-state index contributed by atoms with van der Waals surface area (Å²) >= 11 is 1.35. The molecule has 9 heteroatoms. The molecule has 1 saturated heterocycles. The summed E-state index contributed by atoms with van der Waals surface area (Å²) in [5, 5.41) is 5.15. The summed E-state index contributed by atoms with van der Waals surface area (Å²) in [5.41, 5.74) is 6.42. The van der Waals surface area contributed by atoms with Crippen LogP contribution < -0.4 is 15.8 Å². The molecule has 0 unspecified atom stereocenters. The highest BCUT2D eigenvalue weighted by Crippen LogP contribution is 2.19. The van der Waals surface area contributed by atoms with E-state index in [2.05, 4.69) is 10.3 Å². The van der Waals surface area contributed by atoms with E-state index < -0.39 is 0 Å². The van der Waals surface area contributed by atoms with E-state index in [-0.39, 0.29) is 30.8 Å². The van der Waals surface area contributed by atoms with Gasteiger partial charge >= 0.3 is 0 Å². The van der Waals surface area contributed by atoms with Crippen molar-refractivity contribution in [2.45, 2.75) is 19.4 Å². The molecule has 140 valence electrons. The van der Waals surface area contributed by atoms with Gasteiger partial charge in [0.05, 0.1) is 0 Å². The fourth-order valence-electron chi connectivity index (χ4n) is 2.57. The van der Waals surface area contributed by atoms with Crippen LogP contribution in [0.15, 0.2) is 29.6 Å². The zero-order chi connectivity index (χ0) is 17.6. The number of halogens is 1. The maximum absolute atomic E-state index is 12.2. The van der Waals surface area contributed by atoms with Crippen LogP contribution in [0.3, 0.4) is 0 Å². The van der Waals surface area contributed by atoms with E-state index in [1.165, 1.54) is 11.3 Å². The summed E-state index contributed by atoms with van der Waals surface area (Å²) in [4.78, 5) is 30.2. The fraction of sp³-hybridized carbons (Fsp3) is 0.353. The molecule has 1 aliphatic heterocycles. The van der Waals surface area contributed by atoms with Gasteiger partial charge in [-0.05, 0) is 25.0 Å². The lowest BCUT2D eigenvalue weighted by atomic mass is 10.3. The van der Waals surface area contributed by atoms with Gasteiger partial charge in [0.1, 0.15) is 16.5 Å². The van der Waals surface area contributed by atoms with Crippen LogP contribution in [0.25, 0.3) is 0 Å². The number of thiazole rings is 1. The minimum Gasteiger partial charge on any atom is -0.484 e. The number of benzene rings is 1. The van der Waals surface area contributed by atoms with Crippen molar-refractivity contribution in [2.75, 3.05) is 25.0 Å². The number of aromatic nitrogens is 1. The van der Waals surface area contributed by atoms with Gasteiger partial charge in [0.15, 0.2) is 6.61 Å². The van der Waals surface area contributed by atoms with Gasteiger partial charge in [-0.15, -0.1) is 23.7 Å². The van der Waals surface area contributed by atoms with Gasteiger partial charge in [0, 0.05) is 36.8 Å². The molecule has 1 fully saturated rings. The number of anilines is 1. The molecule has 1 aromatic heterocycles. The molecule has 2 heterocycles. The molecule has 3 N–H and O–H groups in total. The van der Waals surface area contributed by atoms with Crippen molar-refractivity contribution in [3.63, 3.8) is 0 Å². The third-order valence-corrected chi connectivity index (χ3v) is 4.74. The SMILES string of the molecule is Cl.NCc1nc(C(=O)Nc2cccc(OCC(=O)N3CCCC3)c2)cs1. The van der Waals surface area contributed by atoms with Gasteiger partial charge in [0.2, 0.25) is 0 Å². The first-order valence-corrected chi connectivity index (χ1v) is 9.00. The first kappa shape index (κ1) is 20.2. The van der Waals surface area contributed by atoms with Crippen molar-refractivity contribution < 1.29 is 14.3 Å². The molecule has 2 aromatic rings. The third kappa shape index (κ3) is 5.17. The molecule has 1 aliphatic rings. The Morgan fingerprint density at radius 1 is 1.31 bits per heavy atom. The first-order chi connectivity index (χ1) is 12.2. The highest BCUT2D eigenvalue weighted by Gasteiger charge is 2.18. The maximum atomic E-state index is 12.2. The monoisotopic (exact) mass is 396 g/mol. The van der Waals surface area contributed by atoms with E-state index >= 15 is 0 Å². The van der Waals surface area contributed by atoms with Crippen molar-refractivity contribution in [1.82, 2.24) is 9.88 Å². The highest BCUT2D eigenvalue weighted by molar-refractivity contribution is 7.09. The third-order valence-electron chi connectivity index (χ3n) is 3.87. The Morgan fingerprint density at radius 2 is 2.08 bits per heavy atom. The smallest absolute Gasteiger partial charge is 0.275 e. The minimum atomic E-state index is -0.304. The predicted octanol–water partition coefficient (Wildman–Crippen LogP) is 2.28. The van der Waals surface area contributed by atoms with Gasteiger partial charge in [-0.2, -0.15) is 0 Å². The van der Waals surface area contributed by atoms with Gasteiger partial charge in [-0.25, -0.2) is 4.98 Å². The summed E-state index contributed by atoms with van der Waals surface area (Å²) in [7, 11) is 0. The molecule has 1 aromatic carbocycles. The quantitative estimate of drug-likeness (QED) is 0.780. The van der Waals surface area contributed by atoms with Crippen molar-refractivity contribution >= 4 is 41.2 Å². The van der Waals surface area contributed by atoms with E-state index in [0.717, 1.165) is 25.9 Å². The van der Waals surface area contributed by atoms with Crippen LogP contribution in [-0.4, -0.2) is 41.4 Å². The van der Waals surface area contributed by atoms with Crippen LogP contribution in [0, 0.1) is 0 Å². The highest BCUT2D eigenvalue weighted by atomic mass is 35.5. The van der Waals surface area contributed by atoms with Crippen LogP contribution in [0.2, 0.25) is 0 Å². The molecule has 0 bridgehead atoms. The van der Waals surface area contributed by atoms with E-state index in [9.17, 15) is 9.59 Å². The summed E-state index contributed by atoms with van der Waals surface area (Å²) in [6.07, 6.45) is 2.10. The number of carbonyl (C=O) groups is 2. The minimum absolute atomic E-state index is 0. The second-order valence-corrected chi connectivity index (χ2v) is 6.63.